The van der Waals surface area contributed by atoms with Gasteiger partial charge in [0, 0.05) is 18.5 Å². The number of rotatable bonds is 0. The number of aliphatic hydroxyl groups excluding tert-OH is 1. The van der Waals surface area contributed by atoms with Gasteiger partial charge < -0.3 is 15.2 Å². The van der Waals surface area contributed by atoms with Crippen molar-refractivity contribution in [2.45, 2.75) is 43.9 Å². The molecule has 3 nitrogen and oxygen atoms in total. The van der Waals surface area contributed by atoms with Crippen LogP contribution in [-0.4, -0.2) is 23.9 Å². The van der Waals surface area contributed by atoms with Crippen LogP contribution in [0, 0.1) is 6.92 Å². The Morgan fingerprint density at radius 2 is 2.32 bits per heavy atom. The molecule has 3 atom stereocenters. The molecule has 0 saturated carbocycles. The average Bonchev–Trinajstić information content (AvgIpc) is 2.61. The SMILES string of the molecule is Cc1ccc2c3c1OC1C[C@@H](O)C=C[C@@]31CCNC2. The summed E-state index contributed by atoms with van der Waals surface area (Å²) in [6, 6.07) is 4.37. The molecule has 0 aromatic heterocycles. The van der Waals surface area contributed by atoms with Gasteiger partial charge in [-0.1, -0.05) is 24.3 Å². The first-order valence-electron chi connectivity index (χ1n) is 7.08. The minimum absolute atomic E-state index is 0.0284. The van der Waals surface area contributed by atoms with Crippen molar-refractivity contribution in [1.82, 2.24) is 5.32 Å². The Morgan fingerprint density at radius 1 is 1.42 bits per heavy atom. The number of aliphatic hydroxyl groups is 1. The van der Waals surface area contributed by atoms with E-state index in [1.54, 1.807) is 0 Å². The monoisotopic (exact) mass is 257 g/mol. The highest BCUT2D eigenvalue weighted by molar-refractivity contribution is 5.57. The second-order valence-corrected chi connectivity index (χ2v) is 5.98. The first kappa shape index (κ1) is 11.5. The third-order valence-electron chi connectivity index (χ3n) is 4.84. The molecule has 1 aliphatic carbocycles. The van der Waals surface area contributed by atoms with Gasteiger partial charge in [0.25, 0.3) is 0 Å². The van der Waals surface area contributed by atoms with E-state index in [1.807, 2.05) is 6.08 Å². The van der Waals surface area contributed by atoms with Gasteiger partial charge >= 0.3 is 0 Å². The normalized spacial score (nSPS) is 35.3. The maximum atomic E-state index is 9.89. The molecule has 100 valence electrons. The van der Waals surface area contributed by atoms with Crippen LogP contribution in [0.3, 0.4) is 0 Å². The summed E-state index contributed by atoms with van der Waals surface area (Å²) in [6.07, 6.45) is 5.61. The van der Waals surface area contributed by atoms with Crippen molar-refractivity contribution >= 4 is 0 Å². The molecule has 0 radical (unpaired) electrons. The van der Waals surface area contributed by atoms with Gasteiger partial charge in [0.15, 0.2) is 0 Å². The predicted molar refractivity (Wildman–Crippen MR) is 73.4 cm³/mol. The van der Waals surface area contributed by atoms with E-state index in [2.05, 4.69) is 30.4 Å². The van der Waals surface area contributed by atoms with Crippen LogP contribution in [0.15, 0.2) is 24.3 Å². The zero-order chi connectivity index (χ0) is 13.0. The van der Waals surface area contributed by atoms with Crippen LogP contribution < -0.4 is 10.1 Å². The van der Waals surface area contributed by atoms with E-state index in [4.69, 9.17) is 4.74 Å². The van der Waals surface area contributed by atoms with E-state index in [0.717, 1.165) is 25.3 Å². The lowest BCUT2D eigenvalue weighted by molar-refractivity contribution is 0.0863. The Bertz CT molecular complexity index is 566. The molecule has 1 unspecified atom stereocenters. The van der Waals surface area contributed by atoms with Crippen molar-refractivity contribution in [3.63, 3.8) is 0 Å². The standard InChI is InChI=1S/C16H19NO2/c1-10-2-3-11-9-17-7-6-16-5-4-12(18)8-13(16)19-15(10)14(11)16/h2-5,12-13,17-18H,6-9H2,1H3/t12-,13?,16-/m0/s1. The molecule has 0 bridgehead atoms. The van der Waals surface area contributed by atoms with Crippen LogP contribution >= 0.6 is 0 Å². The first-order valence-corrected chi connectivity index (χ1v) is 7.08. The first-order chi connectivity index (χ1) is 9.21. The summed E-state index contributed by atoms with van der Waals surface area (Å²) in [7, 11) is 0. The quantitative estimate of drug-likeness (QED) is 0.696. The summed E-state index contributed by atoms with van der Waals surface area (Å²) >= 11 is 0. The number of hydrogen-bond donors (Lipinski definition) is 2. The fourth-order valence-corrected chi connectivity index (χ4v) is 3.86. The summed E-state index contributed by atoms with van der Waals surface area (Å²) < 4.78 is 6.24. The zero-order valence-corrected chi connectivity index (χ0v) is 11.1. The maximum Gasteiger partial charge on any atom is 0.127 e. The van der Waals surface area contributed by atoms with Crippen molar-refractivity contribution in [3.8, 4) is 5.75 Å². The molecule has 0 fully saturated rings. The minimum Gasteiger partial charge on any atom is -0.488 e. The number of aryl methyl sites for hydroxylation is 1. The fraction of sp³-hybridized carbons (Fsp3) is 0.500. The summed E-state index contributed by atoms with van der Waals surface area (Å²) in [5, 5.41) is 13.4. The van der Waals surface area contributed by atoms with Gasteiger partial charge in [0.2, 0.25) is 0 Å². The molecule has 0 amide bonds. The van der Waals surface area contributed by atoms with Gasteiger partial charge in [-0.25, -0.2) is 0 Å². The predicted octanol–water partition coefficient (Wildman–Crippen LogP) is 1.81. The molecule has 1 aromatic rings. The molecular weight excluding hydrogens is 238 g/mol. The van der Waals surface area contributed by atoms with E-state index in [1.165, 1.54) is 16.7 Å². The molecule has 19 heavy (non-hydrogen) atoms. The molecule has 0 saturated heterocycles. The highest BCUT2D eigenvalue weighted by Crippen LogP contribution is 2.52. The highest BCUT2D eigenvalue weighted by atomic mass is 16.5. The van der Waals surface area contributed by atoms with Gasteiger partial charge in [-0.2, -0.15) is 0 Å². The van der Waals surface area contributed by atoms with Crippen LogP contribution in [0.1, 0.15) is 29.5 Å². The molecule has 1 spiro atoms. The average molecular weight is 257 g/mol. The summed E-state index contributed by atoms with van der Waals surface area (Å²) in [4.78, 5) is 0. The van der Waals surface area contributed by atoms with Crippen LogP contribution in [0.25, 0.3) is 0 Å². The Kier molecular flexibility index (Phi) is 2.32. The largest absolute Gasteiger partial charge is 0.488 e. The number of ether oxygens (including phenoxy) is 1. The number of nitrogens with one attached hydrogen (secondary N) is 1. The lowest BCUT2D eigenvalue weighted by Gasteiger charge is -2.35. The second-order valence-electron chi connectivity index (χ2n) is 5.98. The van der Waals surface area contributed by atoms with Crippen LogP contribution in [0.2, 0.25) is 0 Å². The zero-order valence-electron chi connectivity index (χ0n) is 11.1. The second kappa shape index (κ2) is 3.84. The smallest absolute Gasteiger partial charge is 0.127 e. The third-order valence-corrected chi connectivity index (χ3v) is 4.84. The summed E-state index contributed by atoms with van der Waals surface area (Å²) in [5.74, 6) is 1.06. The molecule has 3 aliphatic rings. The number of hydrogen-bond acceptors (Lipinski definition) is 3. The minimum atomic E-state index is -0.370. The van der Waals surface area contributed by atoms with Crippen LogP contribution in [0.5, 0.6) is 5.75 Å². The van der Waals surface area contributed by atoms with Crippen molar-refractivity contribution in [2.75, 3.05) is 6.54 Å². The molecule has 3 heteroatoms. The van der Waals surface area contributed by atoms with Gasteiger partial charge in [-0.15, -0.1) is 0 Å². The summed E-state index contributed by atoms with van der Waals surface area (Å²) in [5.41, 5.74) is 3.89. The fourth-order valence-electron chi connectivity index (χ4n) is 3.86. The van der Waals surface area contributed by atoms with Crippen molar-refractivity contribution in [3.05, 3.63) is 41.0 Å². The Balaban J connectivity index is 1.98. The van der Waals surface area contributed by atoms with Gasteiger partial charge in [0.05, 0.1) is 11.5 Å². The van der Waals surface area contributed by atoms with Gasteiger partial charge in [0.1, 0.15) is 11.9 Å². The molecule has 2 aliphatic heterocycles. The number of benzene rings is 1. The van der Waals surface area contributed by atoms with Gasteiger partial charge in [-0.05, 0) is 31.0 Å². The topological polar surface area (TPSA) is 41.5 Å². The van der Waals surface area contributed by atoms with Crippen LogP contribution in [-0.2, 0) is 12.0 Å². The molecule has 2 N–H and O–H groups in total. The Hall–Kier alpha value is -1.32. The lowest BCUT2D eigenvalue weighted by Crippen LogP contribution is -2.42. The third kappa shape index (κ3) is 1.46. The van der Waals surface area contributed by atoms with E-state index >= 15 is 0 Å². The molecular formula is C16H19NO2. The van der Waals surface area contributed by atoms with Gasteiger partial charge in [-0.3, -0.25) is 0 Å². The Labute approximate surface area is 113 Å². The van der Waals surface area contributed by atoms with E-state index in [0.29, 0.717) is 6.42 Å². The van der Waals surface area contributed by atoms with Crippen LogP contribution in [0.4, 0.5) is 0 Å². The van der Waals surface area contributed by atoms with E-state index in [-0.39, 0.29) is 17.6 Å². The van der Waals surface area contributed by atoms with E-state index < -0.39 is 0 Å². The molecule has 2 heterocycles. The Morgan fingerprint density at radius 3 is 3.21 bits per heavy atom. The van der Waals surface area contributed by atoms with E-state index in [9.17, 15) is 5.11 Å². The molecule has 1 aromatic carbocycles. The maximum absolute atomic E-state index is 9.89. The van der Waals surface area contributed by atoms with Crippen molar-refractivity contribution in [1.29, 1.82) is 0 Å². The highest BCUT2D eigenvalue weighted by Gasteiger charge is 2.51. The molecule has 4 rings (SSSR count). The van der Waals surface area contributed by atoms with Crippen molar-refractivity contribution in [2.24, 2.45) is 0 Å². The van der Waals surface area contributed by atoms with Crippen molar-refractivity contribution < 1.29 is 9.84 Å². The summed E-state index contributed by atoms with van der Waals surface area (Å²) in [6.45, 7) is 4.02. The lowest BCUT2D eigenvalue weighted by atomic mass is 9.69.